The van der Waals surface area contributed by atoms with Gasteiger partial charge >= 0.3 is 6.01 Å². The van der Waals surface area contributed by atoms with Crippen LogP contribution in [0.2, 0.25) is 5.02 Å². The summed E-state index contributed by atoms with van der Waals surface area (Å²) in [5.41, 5.74) is 0. The van der Waals surface area contributed by atoms with Gasteiger partial charge in [-0.25, -0.2) is 4.98 Å². The number of anilines is 1. The van der Waals surface area contributed by atoms with E-state index in [-0.39, 0.29) is 0 Å². The molecule has 0 saturated carbocycles. The highest BCUT2D eigenvalue weighted by molar-refractivity contribution is 6.32. The lowest BCUT2D eigenvalue weighted by molar-refractivity contribution is 0.376. The van der Waals surface area contributed by atoms with E-state index in [1.54, 1.807) is 6.20 Å². The van der Waals surface area contributed by atoms with Gasteiger partial charge in [-0.3, -0.25) is 0 Å². The Balaban J connectivity index is 2.11. The smallest absolute Gasteiger partial charge is 0.318 e. The summed E-state index contributed by atoms with van der Waals surface area (Å²) in [6.45, 7) is 3.23. The average molecular weight is 257 g/mol. The summed E-state index contributed by atoms with van der Waals surface area (Å²) >= 11 is 6.06. The van der Waals surface area contributed by atoms with Crippen LogP contribution in [-0.2, 0) is 0 Å². The summed E-state index contributed by atoms with van der Waals surface area (Å²) in [7, 11) is 1.54. The number of nitrogens with one attached hydrogen (secondary N) is 2. The molecule has 1 aromatic heterocycles. The summed E-state index contributed by atoms with van der Waals surface area (Å²) in [5, 5.41) is 7.29. The fraction of sp³-hybridized carbons (Fsp3) is 0.636. The fourth-order valence-electron chi connectivity index (χ4n) is 1.97. The summed E-state index contributed by atoms with van der Waals surface area (Å²) in [4.78, 5) is 8.16. The molecule has 0 radical (unpaired) electrons. The molecule has 2 N–H and O–H groups in total. The maximum Gasteiger partial charge on any atom is 0.318 e. The predicted octanol–water partition coefficient (Wildman–Crippen LogP) is 1.69. The van der Waals surface area contributed by atoms with E-state index in [2.05, 4.69) is 27.5 Å². The van der Waals surface area contributed by atoms with Crippen LogP contribution in [0.5, 0.6) is 6.01 Å². The van der Waals surface area contributed by atoms with Crippen molar-refractivity contribution in [2.45, 2.75) is 31.8 Å². The van der Waals surface area contributed by atoms with Crippen molar-refractivity contribution in [3.05, 3.63) is 11.2 Å². The van der Waals surface area contributed by atoms with E-state index in [0.29, 0.717) is 28.9 Å². The SMILES string of the molecule is COc1ncc(Cl)c(NC2CCCNC2C)n1. The number of nitrogens with zero attached hydrogens (tertiary/aromatic N) is 2. The minimum atomic E-state index is 0.327. The molecule has 0 spiro atoms. The molecule has 0 aromatic carbocycles. The monoisotopic (exact) mass is 256 g/mol. The van der Waals surface area contributed by atoms with Crippen molar-refractivity contribution in [1.82, 2.24) is 15.3 Å². The van der Waals surface area contributed by atoms with Crippen LogP contribution in [0.3, 0.4) is 0 Å². The minimum absolute atomic E-state index is 0.327. The standard InChI is InChI=1S/C11H17ClN4O/c1-7-9(4-3-5-13-7)15-10-8(12)6-14-11(16-10)17-2/h6-7,9,13H,3-5H2,1-2H3,(H,14,15,16). The van der Waals surface area contributed by atoms with Crippen LogP contribution >= 0.6 is 11.6 Å². The van der Waals surface area contributed by atoms with Crippen molar-refractivity contribution in [3.63, 3.8) is 0 Å². The van der Waals surface area contributed by atoms with Crippen molar-refractivity contribution >= 4 is 17.4 Å². The molecule has 1 saturated heterocycles. The molecule has 2 heterocycles. The van der Waals surface area contributed by atoms with Gasteiger partial charge in [0.15, 0.2) is 5.82 Å². The first-order valence-corrected chi connectivity index (χ1v) is 6.15. The highest BCUT2D eigenvalue weighted by Crippen LogP contribution is 2.23. The Kier molecular flexibility index (Phi) is 4.02. The van der Waals surface area contributed by atoms with Gasteiger partial charge < -0.3 is 15.4 Å². The Morgan fingerprint density at radius 1 is 1.59 bits per heavy atom. The van der Waals surface area contributed by atoms with Gasteiger partial charge in [-0.15, -0.1) is 0 Å². The Labute approximate surface area is 106 Å². The van der Waals surface area contributed by atoms with Gasteiger partial charge in [0.25, 0.3) is 0 Å². The first-order chi connectivity index (χ1) is 8.20. The fourth-order valence-corrected chi connectivity index (χ4v) is 2.11. The van der Waals surface area contributed by atoms with Crippen LogP contribution < -0.4 is 15.4 Å². The molecule has 5 nitrogen and oxygen atoms in total. The van der Waals surface area contributed by atoms with Crippen LogP contribution in [0.25, 0.3) is 0 Å². The molecule has 2 rings (SSSR count). The zero-order valence-corrected chi connectivity index (χ0v) is 10.8. The molecular weight excluding hydrogens is 240 g/mol. The van der Waals surface area contributed by atoms with E-state index in [1.807, 2.05) is 0 Å². The number of hydrogen-bond donors (Lipinski definition) is 2. The first-order valence-electron chi connectivity index (χ1n) is 5.77. The van der Waals surface area contributed by atoms with Gasteiger partial charge in [0.1, 0.15) is 5.02 Å². The largest absolute Gasteiger partial charge is 0.467 e. The lowest BCUT2D eigenvalue weighted by Gasteiger charge is -2.31. The van der Waals surface area contributed by atoms with Gasteiger partial charge in [0.05, 0.1) is 13.3 Å². The van der Waals surface area contributed by atoms with Crippen LogP contribution in [0.15, 0.2) is 6.20 Å². The zero-order chi connectivity index (χ0) is 12.3. The third kappa shape index (κ3) is 2.98. The number of aromatic nitrogens is 2. The van der Waals surface area contributed by atoms with Crippen LogP contribution in [0.4, 0.5) is 5.82 Å². The summed E-state index contributed by atoms with van der Waals surface area (Å²) in [5.74, 6) is 0.638. The number of halogens is 1. The molecule has 2 atom stereocenters. The Morgan fingerprint density at radius 3 is 3.12 bits per heavy atom. The molecule has 0 aliphatic carbocycles. The Hall–Kier alpha value is -1.07. The van der Waals surface area contributed by atoms with Crippen LogP contribution in [-0.4, -0.2) is 35.7 Å². The van der Waals surface area contributed by atoms with Gasteiger partial charge in [-0.1, -0.05) is 11.6 Å². The second-order valence-electron chi connectivity index (χ2n) is 4.19. The third-order valence-electron chi connectivity index (χ3n) is 2.99. The molecule has 2 unspecified atom stereocenters. The molecule has 1 aliphatic heterocycles. The topological polar surface area (TPSA) is 59.1 Å². The molecule has 0 amide bonds. The third-order valence-corrected chi connectivity index (χ3v) is 3.27. The summed E-state index contributed by atoms with van der Waals surface area (Å²) in [6, 6.07) is 1.06. The van der Waals surface area contributed by atoms with Crippen LogP contribution in [0, 0.1) is 0 Å². The molecule has 94 valence electrons. The predicted molar refractivity (Wildman–Crippen MR) is 67.7 cm³/mol. The van der Waals surface area contributed by atoms with Gasteiger partial charge in [0, 0.05) is 12.1 Å². The number of rotatable bonds is 3. The Bertz CT molecular complexity index is 388. The van der Waals surface area contributed by atoms with Crippen molar-refractivity contribution in [3.8, 4) is 6.01 Å². The zero-order valence-electron chi connectivity index (χ0n) is 10.0. The van der Waals surface area contributed by atoms with E-state index in [4.69, 9.17) is 16.3 Å². The van der Waals surface area contributed by atoms with E-state index in [9.17, 15) is 0 Å². The second kappa shape index (κ2) is 5.51. The Morgan fingerprint density at radius 2 is 2.41 bits per heavy atom. The molecule has 1 aliphatic rings. The lowest BCUT2D eigenvalue weighted by Crippen LogP contribution is -2.46. The molecule has 1 fully saturated rings. The molecule has 0 bridgehead atoms. The minimum Gasteiger partial charge on any atom is -0.467 e. The summed E-state index contributed by atoms with van der Waals surface area (Å²) < 4.78 is 4.99. The average Bonchev–Trinajstić information content (AvgIpc) is 2.35. The van der Waals surface area contributed by atoms with Crippen molar-refractivity contribution in [1.29, 1.82) is 0 Å². The number of methoxy groups -OCH3 is 1. The van der Waals surface area contributed by atoms with E-state index < -0.39 is 0 Å². The number of ether oxygens (including phenoxy) is 1. The van der Waals surface area contributed by atoms with Crippen molar-refractivity contribution in [2.75, 3.05) is 19.0 Å². The van der Waals surface area contributed by atoms with Gasteiger partial charge in [0.2, 0.25) is 0 Å². The van der Waals surface area contributed by atoms with E-state index in [1.165, 1.54) is 7.11 Å². The van der Waals surface area contributed by atoms with Crippen molar-refractivity contribution < 1.29 is 4.74 Å². The molecule has 17 heavy (non-hydrogen) atoms. The molecular formula is C11H17ClN4O. The molecule has 6 heteroatoms. The maximum absolute atomic E-state index is 6.06. The maximum atomic E-state index is 6.06. The number of hydrogen-bond acceptors (Lipinski definition) is 5. The summed E-state index contributed by atoms with van der Waals surface area (Å²) in [6.07, 6.45) is 3.81. The van der Waals surface area contributed by atoms with Gasteiger partial charge in [-0.2, -0.15) is 4.98 Å². The van der Waals surface area contributed by atoms with E-state index in [0.717, 1.165) is 19.4 Å². The first kappa shape index (κ1) is 12.4. The highest BCUT2D eigenvalue weighted by Gasteiger charge is 2.21. The number of piperidine rings is 1. The lowest BCUT2D eigenvalue weighted by atomic mass is 10.00. The normalized spacial score (nSPS) is 24.4. The highest BCUT2D eigenvalue weighted by atomic mass is 35.5. The van der Waals surface area contributed by atoms with E-state index >= 15 is 0 Å². The van der Waals surface area contributed by atoms with Crippen LogP contribution in [0.1, 0.15) is 19.8 Å². The molecule has 1 aromatic rings. The van der Waals surface area contributed by atoms with Gasteiger partial charge in [-0.05, 0) is 26.3 Å². The second-order valence-corrected chi connectivity index (χ2v) is 4.60. The van der Waals surface area contributed by atoms with Crippen molar-refractivity contribution in [2.24, 2.45) is 0 Å². The quantitative estimate of drug-likeness (QED) is 0.862.